The van der Waals surface area contributed by atoms with Crippen LogP contribution in [0.3, 0.4) is 0 Å². The number of halogens is 2. The Morgan fingerprint density at radius 3 is 2.53 bits per heavy atom. The largest absolute Gasteiger partial charge is 0.398 e. The number of hydrogen-bond donors (Lipinski definition) is 1. The molecule has 0 bridgehead atoms. The van der Waals surface area contributed by atoms with Crippen LogP contribution in [0.4, 0.5) is 14.5 Å². The van der Waals surface area contributed by atoms with Gasteiger partial charge in [0.2, 0.25) is 0 Å². The second-order valence-electron chi connectivity index (χ2n) is 3.59. The summed E-state index contributed by atoms with van der Waals surface area (Å²) in [6.45, 7) is 0. The van der Waals surface area contributed by atoms with Gasteiger partial charge in [0.25, 0.3) is 0 Å². The topological polar surface area (TPSA) is 26.0 Å². The van der Waals surface area contributed by atoms with Crippen molar-refractivity contribution in [3.05, 3.63) is 59.7 Å². The van der Waals surface area contributed by atoms with Gasteiger partial charge in [-0.25, -0.2) is 8.78 Å². The lowest BCUT2D eigenvalue weighted by molar-refractivity contribution is 0.624. The Kier molecular flexibility index (Phi) is 3.64. The van der Waals surface area contributed by atoms with Crippen LogP contribution in [0.1, 0.15) is 5.56 Å². The number of rotatable bonds is 3. The SMILES string of the molecule is Nc1ccc(F)cc1CSc1cccc(F)c1. The molecule has 4 heteroatoms. The predicted octanol–water partition coefficient (Wildman–Crippen LogP) is 3.84. The molecule has 2 rings (SSSR count). The van der Waals surface area contributed by atoms with E-state index >= 15 is 0 Å². The summed E-state index contributed by atoms with van der Waals surface area (Å²) >= 11 is 1.42. The number of hydrogen-bond acceptors (Lipinski definition) is 2. The molecule has 0 unspecified atom stereocenters. The van der Waals surface area contributed by atoms with E-state index in [-0.39, 0.29) is 11.6 Å². The highest BCUT2D eigenvalue weighted by molar-refractivity contribution is 7.98. The summed E-state index contributed by atoms with van der Waals surface area (Å²) in [6.07, 6.45) is 0. The molecule has 0 spiro atoms. The molecule has 0 aliphatic rings. The van der Waals surface area contributed by atoms with Gasteiger partial charge in [0.1, 0.15) is 11.6 Å². The Morgan fingerprint density at radius 2 is 1.76 bits per heavy atom. The van der Waals surface area contributed by atoms with Gasteiger partial charge in [-0.15, -0.1) is 11.8 Å². The van der Waals surface area contributed by atoms with Crippen LogP contribution in [0.5, 0.6) is 0 Å². The minimum atomic E-state index is -0.311. The Morgan fingerprint density at radius 1 is 1.00 bits per heavy atom. The van der Waals surface area contributed by atoms with Gasteiger partial charge in [0.05, 0.1) is 0 Å². The number of anilines is 1. The first-order chi connectivity index (χ1) is 8.15. The molecule has 0 aliphatic heterocycles. The summed E-state index contributed by atoms with van der Waals surface area (Å²) in [6, 6.07) is 10.6. The number of nitrogens with two attached hydrogens (primary N) is 1. The normalized spacial score (nSPS) is 10.5. The molecular formula is C13H11F2NS. The lowest BCUT2D eigenvalue weighted by atomic mass is 10.2. The van der Waals surface area contributed by atoms with E-state index in [1.54, 1.807) is 6.07 Å². The third-order valence-electron chi connectivity index (χ3n) is 2.30. The maximum Gasteiger partial charge on any atom is 0.124 e. The molecule has 0 aliphatic carbocycles. The monoisotopic (exact) mass is 251 g/mol. The van der Waals surface area contributed by atoms with Crippen LogP contribution in [0, 0.1) is 11.6 Å². The smallest absolute Gasteiger partial charge is 0.124 e. The third kappa shape index (κ3) is 3.20. The van der Waals surface area contributed by atoms with E-state index in [4.69, 9.17) is 5.73 Å². The van der Waals surface area contributed by atoms with Crippen LogP contribution in [0.2, 0.25) is 0 Å². The molecule has 88 valence electrons. The fourth-order valence-electron chi connectivity index (χ4n) is 1.42. The van der Waals surface area contributed by atoms with E-state index in [0.29, 0.717) is 11.4 Å². The quantitative estimate of drug-likeness (QED) is 0.662. The highest BCUT2D eigenvalue weighted by Gasteiger charge is 2.03. The van der Waals surface area contributed by atoms with Crippen molar-refractivity contribution in [2.75, 3.05) is 5.73 Å². The summed E-state index contributed by atoms with van der Waals surface area (Å²) in [4.78, 5) is 0.800. The Labute approximate surface area is 103 Å². The summed E-state index contributed by atoms with van der Waals surface area (Å²) in [5, 5.41) is 0. The molecule has 0 radical (unpaired) electrons. The first kappa shape index (κ1) is 11.9. The summed E-state index contributed by atoms with van der Waals surface area (Å²) in [5.41, 5.74) is 7.00. The minimum Gasteiger partial charge on any atom is -0.398 e. The van der Waals surface area contributed by atoms with Gasteiger partial charge in [-0.3, -0.25) is 0 Å². The highest BCUT2D eigenvalue weighted by atomic mass is 32.2. The van der Waals surface area contributed by atoms with E-state index in [1.165, 1.54) is 42.1 Å². The lowest BCUT2D eigenvalue weighted by Crippen LogP contribution is -1.93. The second-order valence-corrected chi connectivity index (χ2v) is 4.64. The zero-order valence-corrected chi connectivity index (χ0v) is 9.81. The average molecular weight is 251 g/mol. The number of benzene rings is 2. The molecule has 0 amide bonds. The fraction of sp³-hybridized carbons (Fsp3) is 0.0769. The van der Waals surface area contributed by atoms with E-state index < -0.39 is 0 Å². The van der Waals surface area contributed by atoms with Crippen molar-refractivity contribution >= 4 is 17.4 Å². The highest BCUT2D eigenvalue weighted by Crippen LogP contribution is 2.26. The van der Waals surface area contributed by atoms with Crippen LogP contribution >= 0.6 is 11.8 Å². The standard InChI is InChI=1S/C13H11F2NS/c14-10-2-1-3-12(7-10)17-8-9-6-11(15)4-5-13(9)16/h1-7H,8,16H2. The van der Waals surface area contributed by atoms with Crippen LogP contribution in [0.25, 0.3) is 0 Å². The van der Waals surface area contributed by atoms with Crippen molar-refractivity contribution in [1.82, 2.24) is 0 Å². The van der Waals surface area contributed by atoms with Crippen molar-refractivity contribution in [2.24, 2.45) is 0 Å². The van der Waals surface area contributed by atoms with Gasteiger partial charge >= 0.3 is 0 Å². The first-order valence-electron chi connectivity index (χ1n) is 5.07. The van der Waals surface area contributed by atoms with Gasteiger partial charge in [-0.2, -0.15) is 0 Å². The summed E-state index contributed by atoms with van der Waals surface area (Å²) in [7, 11) is 0. The van der Waals surface area contributed by atoms with Crippen LogP contribution < -0.4 is 5.73 Å². The van der Waals surface area contributed by atoms with Gasteiger partial charge in [-0.05, 0) is 42.0 Å². The fourth-order valence-corrected chi connectivity index (χ4v) is 2.36. The molecule has 1 nitrogen and oxygen atoms in total. The van der Waals surface area contributed by atoms with Crippen LogP contribution in [-0.4, -0.2) is 0 Å². The van der Waals surface area contributed by atoms with Crippen LogP contribution in [-0.2, 0) is 5.75 Å². The molecule has 0 fully saturated rings. The summed E-state index contributed by atoms with van der Waals surface area (Å²) in [5.74, 6) is -0.0659. The molecule has 0 heterocycles. The maximum absolute atomic E-state index is 13.0. The van der Waals surface area contributed by atoms with E-state index in [9.17, 15) is 8.78 Å². The molecule has 2 aromatic rings. The zero-order valence-electron chi connectivity index (χ0n) is 8.99. The molecule has 0 atom stereocenters. The Bertz CT molecular complexity index is 529. The van der Waals surface area contributed by atoms with Gasteiger partial charge < -0.3 is 5.73 Å². The zero-order chi connectivity index (χ0) is 12.3. The number of nitrogen functional groups attached to an aromatic ring is 1. The third-order valence-corrected chi connectivity index (χ3v) is 3.34. The second kappa shape index (κ2) is 5.19. The van der Waals surface area contributed by atoms with Gasteiger partial charge in [0.15, 0.2) is 0 Å². The molecular weight excluding hydrogens is 240 g/mol. The van der Waals surface area contributed by atoms with Crippen molar-refractivity contribution in [3.8, 4) is 0 Å². The van der Waals surface area contributed by atoms with Crippen molar-refractivity contribution < 1.29 is 8.78 Å². The first-order valence-corrected chi connectivity index (χ1v) is 6.06. The van der Waals surface area contributed by atoms with Gasteiger partial charge in [0, 0.05) is 16.3 Å². The van der Waals surface area contributed by atoms with E-state index in [2.05, 4.69) is 0 Å². The molecule has 17 heavy (non-hydrogen) atoms. The molecule has 2 N–H and O–H groups in total. The maximum atomic E-state index is 13.0. The Hall–Kier alpha value is -1.55. The molecule has 0 aromatic heterocycles. The van der Waals surface area contributed by atoms with Gasteiger partial charge in [-0.1, -0.05) is 6.07 Å². The molecule has 0 saturated heterocycles. The van der Waals surface area contributed by atoms with E-state index in [1.807, 2.05) is 6.07 Å². The van der Waals surface area contributed by atoms with Crippen LogP contribution in [0.15, 0.2) is 47.4 Å². The van der Waals surface area contributed by atoms with E-state index in [0.717, 1.165) is 10.5 Å². The average Bonchev–Trinajstić information content (AvgIpc) is 2.30. The van der Waals surface area contributed by atoms with Crippen molar-refractivity contribution in [2.45, 2.75) is 10.6 Å². The number of thioether (sulfide) groups is 1. The van der Waals surface area contributed by atoms with Crippen molar-refractivity contribution in [1.29, 1.82) is 0 Å². The predicted molar refractivity (Wildman–Crippen MR) is 66.8 cm³/mol. The van der Waals surface area contributed by atoms with Crippen molar-refractivity contribution in [3.63, 3.8) is 0 Å². The Balaban J connectivity index is 2.09. The molecule has 2 aromatic carbocycles. The molecule has 0 saturated carbocycles. The minimum absolute atomic E-state index is 0.276. The summed E-state index contributed by atoms with van der Waals surface area (Å²) < 4.78 is 26.0. The lowest BCUT2D eigenvalue weighted by Gasteiger charge is -2.05.